The second-order valence-corrected chi connectivity index (χ2v) is 10.5. The second kappa shape index (κ2) is 22.7. The van der Waals surface area contributed by atoms with Crippen molar-refractivity contribution in [3.05, 3.63) is 34.8 Å². The molecule has 0 aromatic heterocycles. The SMILES string of the molecule is CCCCCCCCOc1cc(N=C/C(C(=O)OC)=C(/C)O)c(N=C/C(C(=O)OC)=C(/C)O)cc1OCCCCCCCC. The lowest BCUT2D eigenvalue weighted by molar-refractivity contribution is -0.136. The Balaban J connectivity index is 3.48. The van der Waals surface area contributed by atoms with Crippen LogP contribution in [0.3, 0.4) is 0 Å². The smallest absolute Gasteiger partial charge is 0.342 e. The molecule has 246 valence electrons. The Bertz CT molecular complexity index is 1060. The zero-order chi connectivity index (χ0) is 32.7. The van der Waals surface area contributed by atoms with E-state index in [1.165, 1.54) is 79.0 Å². The summed E-state index contributed by atoms with van der Waals surface area (Å²) in [5.74, 6) is -1.14. The van der Waals surface area contributed by atoms with Crippen molar-refractivity contribution in [3.8, 4) is 11.5 Å². The molecule has 44 heavy (non-hydrogen) atoms. The van der Waals surface area contributed by atoms with Crippen LogP contribution >= 0.6 is 0 Å². The van der Waals surface area contributed by atoms with Crippen LogP contribution in [0.25, 0.3) is 0 Å². The Morgan fingerprint density at radius 1 is 0.636 bits per heavy atom. The number of rotatable bonds is 22. The molecular formula is C34H52N2O8. The Morgan fingerprint density at radius 3 is 1.30 bits per heavy atom. The van der Waals surface area contributed by atoms with E-state index in [4.69, 9.17) is 18.9 Å². The van der Waals surface area contributed by atoms with Crippen molar-refractivity contribution in [2.24, 2.45) is 9.98 Å². The Morgan fingerprint density at radius 2 is 0.977 bits per heavy atom. The molecule has 1 aromatic carbocycles. The van der Waals surface area contributed by atoms with E-state index in [2.05, 4.69) is 23.8 Å². The number of esters is 2. The number of nitrogens with zero attached hydrogens (tertiary/aromatic N) is 2. The highest BCUT2D eigenvalue weighted by molar-refractivity contribution is 6.11. The van der Waals surface area contributed by atoms with E-state index in [0.717, 1.165) is 38.5 Å². The molecule has 1 aromatic rings. The molecule has 2 N–H and O–H groups in total. The first kappa shape index (κ1) is 38.2. The summed E-state index contributed by atoms with van der Waals surface area (Å²) in [5, 5.41) is 20.0. The van der Waals surface area contributed by atoms with Gasteiger partial charge in [-0.15, -0.1) is 0 Å². The van der Waals surface area contributed by atoms with E-state index in [1.54, 1.807) is 12.1 Å². The lowest BCUT2D eigenvalue weighted by atomic mass is 10.1. The van der Waals surface area contributed by atoms with Crippen molar-refractivity contribution >= 4 is 35.7 Å². The van der Waals surface area contributed by atoms with Crippen LogP contribution in [0.4, 0.5) is 11.4 Å². The fraction of sp³-hybridized carbons (Fsp3) is 0.588. The maximum absolute atomic E-state index is 12.2. The summed E-state index contributed by atoms with van der Waals surface area (Å²) in [7, 11) is 2.41. The average molecular weight is 617 g/mol. The minimum absolute atomic E-state index is 0.137. The van der Waals surface area contributed by atoms with Crippen LogP contribution in [0.15, 0.2) is 44.8 Å². The molecule has 0 saturated heterocycles. The van der Waals surface area contributed by atoms with Crippen molar-refractivity contribution in [1.82, 2.24) is 0 Å². The van der Waals surface area contributed by atoms with Crippen LogP contribution in [-0.4, -0.2) is 62.0 Å². The van der Waals surface area contributed by atoms with E-state index in [1.807, 2.05) is 0 Å². The fourth-order valence-electron chi connectivity index (χ4n) is 4.18. The quantitative estimate of drug-likeness (QED) is 0.0435. The molecule has 0 saturated carbocycles. The van der Waals surface area contributed by atoms with Crippen molar-refractivity contribution < 1.29 is 38.7 Å². The topological polar surface area (TPSA) is 136 Å². The first-order chi connectivity index (χ1) is 21.2. The number of carbonyl (C=O) groups is 2. The van der Waals surface area contributed by atoms with E-state index >= 15 is 0 Å². The first-order valence-corrected chi connectivity index (χ1v) is 15.7. The van der Waals surface area contributed by atoms with Gasteiger partial charge in [-0.25, -0.2) is 9.59 Å². The third-order valence-corrected chi connectivity index (χ3v) is 6.81. The number of methoxy groups -OCH3 is 2. The van der Waals surface area contributed by atoms with Crippen molar-refractivity contribution in [2.45, 2.75) is 105 Å². The lowest BCUT2D eigenvalue weighted by Crippen LogP contribution is -2.08. The molecule has 0 atom stereocenters. The van der Waals surface area contributed by atoms with Crippen molar-refractivity contribution in [2.75, 3.05) is 27.4 Å². The first-order valence-electron chi connectivity index (χ1n) is 15.7. The van der Waals surface area contributed by atoms with Crippen LogP contribution in [0.5, 0.6) is 11.5 Å². The molecule has 10 nitrogen and oxygen atoms in total. The average Bonchev–Trinajstić information content (AvgIpc) is 3.00. The van der Waals surface area contributed by atoms with Crippen LogP contribution in [0, 0.1) is 0 Å². The number of unbranched alkanes of at least 4 members (excludes halogenated alkanes) is 10. The molecular weight excluding hydrogens is 564 g/mol. The summed E-state index contributed by atoms with van der Waals surface area (Å²) in [5.41, 5.74) is 0.269. The van der Waals surface area contributed by atoms with Gasteiger partial charge in [-0.3, -0.25) is 9.98 Å². The maximum Gasteiger partial charge on any atom is 0.342 e. The molecule has 0 unspecified atom stereocenters. The van der Waals surface area contributed by atoms with E-state index in [9.17, 15) is 19.8 Å². The van der Waals surface area contributed by atoms with Crippen LogP contribution in [0.1, 0.15) is 105 Å². The predicted molar refractivity (Wildman–Crippen MR) is 175 cm³/mol. The molecule has 0 aliphatic heterocycles. The number of ether oxygens (including phenoxy) is 4. The normalized spacial score (nSPS) is 12.7. The highest BCUT2D eigenvalue weighted by atomic mass is 16.5. The minimum Gasteiger partial charge on any atom is -0.512 e. The number of benzene rings is 1. The van der Waals surface area contributed by atoms with Gasteiger partial charge in [0.25, 0.3) is 0 Å². The number of aliphatic hydroxyl groups is 2. The maximum atomic E-state index is 12.2. The van der Waals surface area contributed by atoms with Gasteiger partial charge in [0.1, 0.15) is 22.7 Å². The molecule has 0 amide bonds. The standard InChI is InChI=1S/C34H52N2O8/c1-7-9-11-13-15-17-19-43-31-21-29(35-23-27(25(3)37)33(39)41-5)30(36-24-28(26(4)38)34(40)42-6)22-32(31)44-20-18-16-14-12-10-8-2/h21-24,37-38H,7-20H2,1-6H3/b27-25+,28-26+,35-23?,36-24?. The second-order valence-electron chi connectivity index (χ2n) is 10.5. The lowest BCUT2D eigenvalue weighted by Gasteiger charge is -2.15. The summed E-state index contributed by atoms with van der Waals surface area (Å²) >= 11 is 0. The molecule has 1 rings (SSSR count). The van der Waals surface area contributed by atoms with E-state index in [0.29, 0.717) is 24.7 Å². The molecule has 10 heteroatoms. The number of carbonyl (C=O) groups excluding carboxylic acids is 2. The van der Waals surface area contributed by atoms with Gasteiger partial charge in [0.05, 0.1) is 38.8 Å². The molecule has 0 fully saturated rings. The number of hydrogen-bond acceptors (Lipinski definition) is 10. The molecule has 0 spiro atoms. The monoisotopic (exact) mass is 616 g/mol. The number of aliphatic imine (C=N–C) groups is 2. The third kappa shape index (κ3) is 14.6. The predicted octanol–water partition coefficient (Wildman–Crippen LogP) is 8.58. The highest BCUT2D eigenvalue weighted by Gasteiger charge is 2.16. The van der Waals surface area contributed by atoms with Gasteiger partial charge < -0.3 is 29.2 Å². The van der Waals surface area contributed by atoms with Gasteiger partial charge in [0.15, 0.2) is 11.5 Å². The number of allylic oxidation sites excluding steroid dienone is 2. The zero-order valence-electron chi connectivity index (χ0n) is 27.4. The molecule has 0 aliphatic carbocycles. The van der Waals surface area contributed by atoms with Gasteiger partial charge in [-0.2, -0.15) is 0 Å². The zero-order valence-corrected chi connectivity index (χ0v) is 27.4. The summed E-state index contributed by atoms with van der Waals surface area (Å²) in [6, 6.07) is 3.29. The molecule has 0 heterocycles. The van der Waals surface area contributed by atoms with Gasteiger partial charge in [-0.05, 0) is 26.7 Å². The van der Waals surface area contributed by atoms with Gasteiger partial charge in [-0.1, -0.05) is 78.1 Å². The van der Waals surface area contributed by atoms with Crippen LogP contribution in [-0.2, 0) is 19.1 Å². The van der Waals surface area contributed by atoms with Crippen LogP contribution in [0.2, 0.25) is 0 Å². The minimum atomic E-state index is -0.760. The Hall–Kier alpha value is -3.82. The molecule has 0 aliphatic rings. The van der Waals surface area contributed by atoms with E-state index < -0.39 is 11.9 Å². The Labute approximate surface area is 262 Å². The molecule has 0 bridgehead atoms. The van der Waals surface area contributed by atoms with Gasteiger partial charge in [0.2, 0.25) is 0 Å². The van der Waals surface area contributed by atoms with Gasteiger partial charge >= 0.3 is 11.9 Å². The summed E-state index contributed by atoms with van der Waals surface area (Å²) in [6.45, 7) is 8.03. The Kier molecular flexibility index (Phi) is 19.7. The summed E-state index contributed by atoms with van der Waals surface area (Å²) in [6.07, 6.45) is 15.7. The molecule has 0 radical (unpaired) electrons. The third-order valence-electron chi connectivity index (χ3n) is 6.81. The van der Waals surface area contributed by atoms with Crippen LogP contribution < -0.4 is 9.47 Å². The van der Waals surface area contributed by atoms with E-state index in [-0.39, 0.29) is 34.0 Å². The van der Waals surface area contributed by atoms with Gasteiger partial charge in [0, 0.05) is 24.6 Å². The summed E-state index contributed by atoms with van der Waals surface area (Å²) < 4.78 is 21.8. The number of hydrogen-bond donors (Lipinski definition) is 2. The van der Waals surface area contributed by atoms with Crippen molar-refractivity contribution in [1.29, 1.82) is 0 Å². The highest BCUT2D eigenvalue weighted by Crippen LogP contribution is 2.40. The summed E-state index contributed by atoms with van der Waals surface area (Å²) in [4.78, 5) is 33.2. The van der Waals surface area contributed by atoms with Crippen molar-refractivity contribution in [3.63, 3.8) is 0 Å². The fourth-order valence-corrected chi connectivity index (χ4v) is 4.18. The number of aliphatic hydroxyl groups excluding tert-OH is 2. The largest absolute Gasteiger partial charge is 0.512 e.